The molecule has 0 radical (unpaired) electrons. The van der Waals surface area contributed by atoms with Crippen LogP contribution in [-0.2, 0) is 16.1 Å². The topological polar surface area (TPSA) is 91.6 Å². The van der Waals surface area contributed by atoms with Gasteiger partial charge in [0.05, 0.1) is 18.0 Å². The SMILES string of the molecule is CC(=O)N1[C@@H]2c3cccc(=O)n3C[C@H]1[C@H](CO)[C@H]2C(=O)NCC1CCCCC1. The molecule has 0 unspecified atom stereocenters. The van der Waals surface area contributed by atoms with Crippen LogP contribution < -0.4 is 10.9 Å². The summed E-state index contributed by atoms with van der Waals surface area (Å²) < 4.78 is 1.66. The molecule has 2 fully saturated rings. The van der Waals surface area contributed by atoms with Gasteiger partial charge in [0.25, 0.3) is 5.56 Å². The average Bonchev–Trinajstić information content (AvgIpc) is 2.95. The van der Waals surface area contributed by atoms with Crippen molar-refractivity contribution in [2.75, 3.05) is 13.2 Å². The number of carbonyl (C=O) groups excluding carboxylic acids is 2. The molecule has 1 aliphatic carbocycles. The summed E-state index contributed by atoms with van der Waals surface area (Å²) in [6.07, 6.45) is 5.96. The van der Waals surface area contributed by atoms with Crippen molar-refractivity contribution in [2.45, 2.75) is 57.7 Å². The normalized spacial score (nSPS) is 29.4. The maximum Gasteiger partial charge on any atom is 0.250 e. The van der Waals surface area contributed by atoms with E-state index in [0.29, 0.717) is 24.7 Å². The zero-order valence-corrected chi connectivity index (χ0v) is 16.3. The summed E-state index contributed by atoms with van der Waals surface area (Å²) in [7, 11) is 0. The Balaban J connectivity index is 1.64. The maximum atomic E-state index is 13.2. The molecule has 0 aromatic carbocycles. The van der Waals surface area contributed by atoms with Crippen LogP contribution in [0.25, 0.3) is 0 Å². The van der Waals surface area contributed by atoms with Crippen LogP contribution in [0.1, 0.15) is 50.8 Å². The zero-order chi connectivity index (χ0) is 19.8. The monoisotopic (exact) mass is 387 g/mol. The molecule has 4 atom stereocenters. The summed E-state index contributed by atoms with van der Waals surface area (Å²) in [5, 5.41) is 13.2. The highest BCUT2D eigenvalue weighted by atomic mass is 16.3. The fourth-order valence-electron chi connectivity index (χ4n) is 5.54. The highest BCUT2D eigenvalue weighted by Gasteiger charge is 2.56. The van der Waals surface area contributed by atoms with Crippen LogP contribution in [0.2, 0.25) is 0 Å². The van der Waals surface area contributed by atoms with Crippen LogP contribution in [0.4, 0.5) is 0 Å². The third-order valence-electron chi connectivity index (χ3n) is 6.88. The molecule has 2 aliphatic heterocycles. The molecule has 7 nitrogen and oxygen atoms in total. The van der Waals surface area contributed by atoms with Crippen LogP contribution >= 0.6 is 0 Å². The number of rotatable bonds is 4. The number of pyridine rings is 1. The number of aliphatic hydroxyl groups excluding tert-OH is 1. The quantitative estimate of drug-likeness (QED) is 0.808. The molecule has 0 spiro atoms. The van der Waals surface area contributed by atoms with Gasteiger partial charge in [-0.05, 0) is 24.8 Å². The average molecular weight is 387 g/mol. The van der Waals surface area contributed by atoms with Crippen LogP contribution in [0.15, 0.2) is 23.0 Å². The van der Waals surface area contributed by atoms with Gasteiger partial charge in [-0.25, -0.2) is 0 Å². The number of nitrogens with zero attached hydrogens (tertiary/aromatic N) is 2. The summed E-state index contributed by atoms with van der Waals surface area (Å²) in [4.78, 5) is 39.7. The molecule has 1 aromatic heterocycles. The summed E-state index contributed by atoms with van der Waals surface area (Å²) in [5.74, 6) is -0.658. The minimum absolute atomic E-state index is 0.117. The molecule has 28 heavy (non-hydrogen) atoms. The summed E-state index contributed by atoms with van der Waals surface area (Å²) in [6.45, 7) is 2.28. The van der Waals surface area contributed by atoms with Crippen LogP contribution in [0.5, 0.6) is 0 Å². The van der Waals surface area contributed by atoms with Gasteiger partial charge in [-0.2, -0.15) is 0 Å². The van der Waals surface area contributed by atoms with E-state index in [4.69, 9.17) is 0 Å². The van der Waals surface area contributed by atoms with Crippen molar-refractivity contribution in [3.05, 3.63) is 34.2 Å². The molecular weight excluding hydrogens is 358 g/mol. The Labute approximate surface area is 164 Å². The number of fused-ring (bicyclic) bond motifs is 4. The zero-order valence-electron chi connectivity index (χ0n) is 16.3. The molecule has 3 heterocycles. The van der Waals surface area contributed by atoms with Gasteiger partial charge < -0.3 is 19.9 Å². The Morgan fingerprint density at radius 1 is 1.21 bits per heavy atom. The molecule has 2 N–H and O–H groups in total. The van der Waals surface area contributed by atoms with Gasteiger partial charge in [-0.15, -0.1) is 0 Å². The number of aromatic nitrogens is 1. The predicted molar refractivity (Wildman–Crippen MR) is 103 cm³/mol. The molecular formula is C21H29N3O4. The third-order valence-corrected chi connectivity index (χ3v) is 6.88. The number of amides is 2. The lowest BCUT2D eigenvalue weighted by atomic mass is 9.85. The number of aliphatic hydroxyl groups is 1. The second-order valence-electron chi connectivity index (χ2n) is 8.46. The summed E-state index contributed by atoms with van der Waals surface area (Å²) >= 11 is 0. The first kappa shape index (κ1) is 19.2. The Kier molecular flexibility index (Phi) is 5.27. The minimum Gasteiger partial charge on any atom is -0.396 e. The highest BCUT2D eigenvalue weighted by Crippen LogP contribution is 2.48. The van der Waals surface area contributed by atoms with Crippen molar-refractivity contribution in [2.24, 2.45) is 17.8 Å². The predicted octanol–water partition coefficient (Wildman–Crippen LogP) is 1.05. The fraction of sp³-hybridized carbons (Fsp3) is 0.667. The number of carbonyl (C=O) groups is 2. The van der Waals surface area contributed by atoms with E-state index in [1.807, 2.05) is 6.07 Å². The first-order valence-electron chi connectivity index (χ1n) is 10.4. The van der Waals surface area contributed by atoms with Crippen molar-refractivity contribution in [1.29, 1.82) is 0 Å². The molecule has 1 saturated carbocycles. The van der Waals surface area contributed by atoms with Crippen molar-refractivity contribution < 1.29 is 14.7 Å². The Morgan fingerprint density at radius 2 is 1.96 bits per heavy atom. The molecule has 152 valence electrons. The fourth-order valence-corrected chi connectivity index (χ4v) is 5.54. The van der Waals surface area contributed by atoms with E-state index in [-0.39, 0.29) is 35.9 Å². The van der Waals surface area contributed by atoms with Gasteiger partial charge in [0.1, 0.15) is 0 Å². The van der Waals surface area contributed by atoms with Crippen molar-refractivity contribution in [3.63, 3.8) is 0 Å². The van der Waals surface area contributed by atoms with E-state index in [2.05, 4.69) is 5.32 Å². The van der Waals surface area contributed by atoms with Crippen LogP contribution in [0.3, 0.4) is 0 Å². The Morgan fingerprint density at radius 3 is 2.64 bits per heavy atom. The first-order valence-corrected chi connectivity index (χ1v) is 10.4. The van der Waals surface area contributed by atoms with Gasteiger partial charge >= 0.3 is 0 Å². The van der Waals surface area contributed by atoms with E-state index in [9.17, 15) is 19.5 Å². The van der Waals surface area contributed by atoms with E-state index < -0.39 is 12.0 Å². The summed E-state index contributed by atoms with van der Waals surface area (Å²) in [6, 6.07) is 4.15. The van der Waals surface area contributed by atoms with Gasteiger partial charge in [0.15, 0.2) is 0 Å². The van der Waals surface area contributed by atoms with Gasteiger partial charge in [-0.1, -0.05) is 25.3 Å². The minimum atomic E-state index is -0.543. The second-order valence-corrected chi connectivity index (χ2v) is 8.46. The van der Waals surface area contributed by atoms with Crippen molar-refractivity contribution in [3.8, 4) is 0 Å². The van der Waals surface area contributed by atoms with E-state index >= 15 is 0 Å². The number of nitrogens with one attached hydrogen (secondary N) is 1. The third kappa shape index (κ3) is 3.15. The van der Waals surface area contributed by atoms with Crippen molar-refractivity contribution in [1.82, 2.24) is 14.8 Å². The van der Waals surface area contributed by atoms with Crippen LogP contribution in [-0.4, -0.2) is 45.6 Å². The number of hydrogen-bond donors (Lipinski definition) is 2. The van der Waals surface area contributed by atoms with Gasteiger partial charge in [-0.3, -0.25) is 14.4 Å². The van der Waals surface area contributed by atoms with E-state index in [1.54, 1.807) is 15.5 Å². The smallest absolute Gasteiger partial charge is 0.250 e. The maximum absolute atomic E-state index is 13.2. The molecule has 1 aromatic rings. The highest BCUT2D eigenvalue weighted by molar-refractivity contribution is 5.83. The second kappa shape index (κ2) is 7.70. The largest absolute Gasteiger partial charge is 0.396 e. The number of hydrogen-bond acceptors (Lipinski definition) is 4. The molecule has 2 amide bonds. The van der Waals surface area contributed by atoms with Gasteiger partial charge in [0.2, 0.25) is 11.8 Å². The lowest BCUT2D eigenvalue weighted by Gasteiger charge is -2.37. The lowest BCUT2D eigenvalue weighted by molar-refractivity contribution is -0.134. The Bertz CT molecular complexity index is 814. The standard InChI is InChI=1S/C21H29N3O4/c1-13(26)24-17-11-23-16(8-5-9-18(23)27)20(24)19(15(17)12-25)21(28)22-10-14-6-3-2-4-7-14/h5,8-9,14-15,17,19-20,25H,2-4,6-7,10-12H2,1H3,(H,22,28)/t15-,17-,19+,20+/m0/s1. The molecule has 3 aliphatic rings. The Hall–Kier alpha value is -2.15. The lowest BCUT2D eigenvalue weighted by Crippen LogP contribution is -2.48. The first-order chi connectivity index (χ1) is 13.5. The van der Waals surface area contributed by atoms with Crippen LogP contribution in [0, 0.1) is 17.8 Å². The molecule has 2 bridgehead atoms. The van der Waals surface area contributed by atoms with E-state index in [1.165, 1.54) is 32.3 Å². The molecule has 4 rings (SSSR count). The van der Waals surface area contributed by atoms with E-state index in [0.717, 1.165) is 12.8 Å². The van der Waals surface area contributed by atoms with Crippen molar-refractivity contribution >= 4 is 11.8 Å². The molecule has 1 saturated heterocycles. The van der Waals surface area contributed by atoms with Gasteiger partial charge in [0, 0.05) is 44.3 Å². The summed E-state index contributed by atoms with van der Waals surface area (Å²) in [5.41, 5.74) is 0.559. The molecule has 7 heteroatoms.